The number of hydrogen-bond donors (Lipinski definition) is 2. The molecule has 3 atom stereocenters. The largest absolute Gasteiger partial charge is 0.303 e. The molecule has 2 rings (SSSR count). The van der Waals surface area contributed by atoms with E-state index in [-0.39, 0.29) is 11.9 Å². The normalized spacial score (nSPS) is 34.6. The minimum Gasteiger partial charge on any atom is -0.303 e. The molecule has 2 aliphatic rings. The number of carbonyl (C=O) groups is 1. The van der Waals surface area contributed by atoms with E-state index in [1.54, 1.807) is 5.01 Å². The topological polar surface area (TPSA) is 44.4 Å². The molecule has 4 heteroatoms. The van der Waals surface area contributed by atoms with Crippen molar-refractivity contribution in [2.45, 2.75) is 50.6 Å². The molecule has 1 amide bonds. The van der Waals surface area contributed by atoms with E-state index in [4.69, 9.17) is 0 Å². The Balaban J connectivity index is 1.87. The molecule has 2 fully saturated rings. The highest BCUT2D eigenvalue weighted by Crippen LogP contribution is 2.32. The van der Waals surface area contributed by atoms with Crippen LogP contribution in [0.5, 0.6) is 0 Å². The maximum absolute atomic E-state index is 11.9. The van der Waals surface area contributed by atoms with Gasteiger partial charge in [-0.2, -0.15) is 0 Å². The molecule has 0 spiro atoms. The number of amides is 1. The van der Waals surface area contributed by atoms with Crippen LogP contribution in [0.15, 0.2) is 0 Å². The van der Waals surface area contributed by atoms with Crippen molar-refractivity contribution >= 4 is 5.91 Å². The second-order valence-corrected chi connectivity index (χ2v) is 5.32. The first-order valence-electron chi connectivity index (χ1n) is 6.40. The first-order chi connectivity index (χ1) is 7.66. The summed E-state index contributed by atoms with van der Waals surface area (Å²) < 4.78 is 0. The lowest BCUT2D eigenvalue weighted by Crippen LogP contribution is -2.56. The van der Waals surface area contributed by atoms with Gasteiger partial charge < -0.3 is 5.32 Å². The fourth-order valence-corrected chi connectivity index (χ4v) is 3.00. The summed E-state index contributed by atoms with van der Waals surface area (Å²) in [6.07, 6.45) is 7.48. The van der Waals surface area contributed by atoms with E-state index < -0.39 is 0 Å². The monoisotopic (exact) mass is 225 g/mol. The number of carbonyl (C=O) groups excluding carboxylic acids is 1. The van der Waals surface area contributed by atoms with Gasteiger partial charge in [-0.1, -0.05) is 12.8 Å². The second kappa shape index (κ2) is 5.15. The molecule has 92 valence electrons. The molecule has 4 nitrogen and oxygen atoms in total. The molecule has 1 aliphatic heterocycles. The fraction of sp³-hybridized carbons (Fsp3) is 0.917. The molecule has 1 aliphatic carbocycles. The van der Waals surface area contributed by atoms with E-state index in [0.717, 1.165) is 12.3 Å². The minimum absolute atomic E-state index is 0.0155. The number of hydrazine groups is 1. The van der Waals surface area contributed by atoms with Crippen LogP contribution in [0.1, 0.15) is 38.5 Å². The maximum atomic E-state index is 11.9. The molecule has 2 N–H and O–H groups in total. The van der Waals surface area contributed by atoms with Crippen LogP contribution in [-0.4, -0.2) is 37.1 Å². The third-order valence-electron chi connectivity index (χ3n) is 3.80. The lowest BCUT2D eigenvalue weighted by molar-refractivity contribution is -0.128. The van der Waals surface area contributed by atoms with E-state index in [1.165, 1.54) is 32.1 Å². The summed E-state index contributed by atoms with van der Waals surface area (Å²) >= 11 is 0. The number of rotatable bonds is 2. The number of hydrogen-bond acceptors (Lipinski definition) is 3. The molecular formula is C12H23N3O. The zero-order valence-electron chi connectivity index (χ0n) is 10.3. The van der Waals surface area contributed by atoms with Gasteiger partial charge in [0.2, 0.25) is 0 Å². The SMILES string of the molecule is CN(C)NC(=O)C1CCC2CCCCC2N1. The maximum Gasteiger partial charge on any atom is 0.251 e. The molecule has 1 saturated heterocycles. The number of nitrogens with one attached hydrogen (secondary N) is 2. The lowest BCUT2D eigenvalue weighted by atomic mass is 9.77. The standard InChI is InChI=1S/C12H23N3O/c1-15(2)14-12(16)11-8-7-9-5-3-4-6-10(9)13-11/h9-11,13H,3-8H2,1-2H3,(H,14,16). The Labute approximate surface area is 97.7 Å². The van der Waals surface area contributed by atoms with Gasteiger partial charge in [0.25, 0.3) is 5.91 Å². The summed E-state index contributed by atoms with van der Waals surface area (Å²) in [5.41, 5.74) is 2.84. The molecule has 1 saturated carbocycles. The van der Waals surface area contributed by atoms with E-state index in [0.29, 0.717) is 6.04 Å². The average Bonchev–Trinajstić information content (AvgIpc) is 2.27. The molecule has 3 unspecified atom stereocenters. The van der Waals surface area contributed by atoms with Gasteiger partial charge in [-0.3, -0.25) is 10.2 Å². The van der Waals surface area contributed by atoms with Gasteiger partial charge in [-0.25, -0.2) is 5.01 Å². The molecule has 0 bridgehead atoms. The van der Waals surface area contributed by atoms with Crippen LogP contribution in [0.3, 0.4) is 0 Å². The van der Waals surface area contributed by atoms with Crippen LogP contribution in [-0.2, 0) is 4.79 Å². The molecule has 0 aromatic rings. The number of nitrogens with zero attached hydrogens (tertiary/aromatic N) is 1. The van der Waals surface area contributed by atoms with E-state index >= 15 is 0 Å². The van der Waals surface area contributed by atoms with Gasteiger partial charge in [0.1, 0.15) is 0 Å². The van der Waals surface area contributed by atoms with Crippen molar-refractivity contribution in [2.24, 2.45) is 5.92 Å². The van der Waals surface area contributed by atoms with Crippen molar-refractivity contribution in [3.63, 3.8) is 0 Å². The summed E-state index contributed by atoms with van der Waals surface area (Å²) in [5, 5.41) is 5.24. The Morgan fingerprint density at radius 1 is 1.19 bits per heavy atom. The van der Waals surface area contributed by atoms with Crippen LogP contribution in [0, 0.1) is 5.92 Å². The molecule has 1 heterocycles. The second-order valence-electron chi connectivity index (χ2n) is 5.32. The van der Waals surface area contributed by atoms with Crippen molar-refractivity contribution in [3.05, 3.63) is 0 Å². The summed E-state index contributed by atoms with van der Waals surface area (Å²) in [6.45, 7) is 0. The van der Waals surface area contributed by atoms with Crippen LogP contribution in [0.2, 0.25) is 0 Å². The van der Waals surface area contributed by atoms with E-state index in [2.05, 4.69) is 10.7 Å². The Kier molecular flexibility index (Phi) is 3.82. The summed E-state index contributed by atoms with van der Waals surface area (Å²) in [6, 6.07) is 0.599. The average molecular weight is 225 g/mol. The van der Waals surface area contributed by atoms with Crippen molar-refractivity contribution in [1.82, 2.24) is 15.8 Å². The van der Waals surface area contributed by atoms with Crippen molar-refractivity contribution < 1.29 is 4.79 Å². The van der Waals surface area contributed by atoms with Crippen molar-refractivity contribution in [3.8, 4) is 0 Å². The number of piperidine rings is 1. The molecule has 0 aromatic carbocycles. The minimum atomic E-state index is 0.0155. The van der Waals surface area contributed by atoms with Crippen molar-refractivity contribution in [1.29, 1.82) is 0 Å². The van der Waals surface area contributed by atoms with Gasteiger partial charge in [-0.15, -0.1) is 0 Å². The molecule has 0 radical (unpaired) electrons. The zero-order chi connectivity index (χ0) is 11.5. The highest BCUT2D eigenvalue weighted by atomic mass is 16.2. The summed E-state index contributed by atoms with van der Waals surface area (Å²) in [7, 11) is 3.70. The highest BCUT2D eigenvalue weighted by Gasteiger charge is 2.34. The Hall–Kier alpha value is -0.610. The molecular weight excluding hydrogens is 202 g/mol. The van der Waals surface area contributed by atoms with E-state index in [9.17, 15) is 4.79 Å². The first-order valence-corrected chi connectivity index (χ1v) is 6.40. The Bertz CT molecular complexity index is 255. The quantitative estimate of drug-likeness (QED) is 0.686. The predicted molar refractivity (Wildman–Crippen MR) is 63.7 cm³/mol. The smallest absolute Gasteiger partial charge is 0.251 e. The van der Waals surface area contributed by atoms with Gasteiger partial charge >= 0.3 is 0 Å². The molecule has 0 aromatic heterocycles. The van der Waals surface area contributed by atoms with Crippen LogP contribution >= 0.6 is 0 Å². The van der Waals surface area contributed by atoms with Crippen LogP contribution in [0.4, 0.5) is 0 Å². The predicted octanol–water partition coefficient (Wildman–Crippen LogP) is 0.890. The zero-order valence-corrected chi connectivity index (χ0v) is 10.3. The van der Waals surface area contributed by atoms with Gasteiger partial charge in [0, 0.05) is 20.1 Å². The fourth-order valence-electron chi connectivity index (χ4n) is 3.00. The van der Waals surface area contributed by atoms with Crippen LogP contribution < -0.4 is 10.7 Å². The van der Waals surface area contributed by atoms with Crippen molar-refractivity contribution in [2.75, 3.05) is 14.1 Å². The number of fused-ring (bicyclic) bond motifs is 1. The molecule has 16 heavy (non-hydrogen) atoms. The van der Waals surface area contributed by atoms with Gasteiger partial charge in [0.05, 0.1) is 6.04 Å². The van der Waals surface area contributed by atoms with E-state index in [1.807, 2.05) is 14.1 Å². The summed E-state index contributed by atoms with van der Waals surface area (Å²) in [5.74, 6) is 0.936. The lowest BCUT2D eigenvalue weighted by Gasteiger charge is -2.40. The Morgan fingerprint density at radius 2 is 1.94 bits per heavy atom. The first kappa shape index (κ1) is 11.9. The summed E-state index contributed by atoms with van der Waals surface area (Å²) in [4.78, 5) is 11.9. The Morgan fingerprint density at radius 3 is 2.69 bits per heavy atom. The van der Waals surface area contributed by atoms with Gasteiger partial charge in [-0.05, 0) is 31.6 Å². The third-order valence-corrected chi connectivity index (χ3v) is 3.80. The third kappa shape index (κ3) is 2.74. The van der Waals surface area contributed by atoms with Crippen LogP contribution in [0.25, 0.3) is 0 Å². The highest BCUT2D eigenvalue weighted by molar-refractivity contribution is 5.81. The van der Waals surface area contributed by atoms with Gasteiger partial charge in [0.15, 0.2) is 0 Å².